The van der Waals surface area contributed by atoms with E-state index < -0.39 is 5.97 Å². The summed E-state index contributed by atoms with van der Waals surface area (Å²) in [4.78, 5) is 15.6. The van der Waals surface area contributed by atoms with Crippen LogP contribution in [0.4, 0.5) is 0 Å². The lowest BCUT2D eigenvalue weighted by atomic mass is 10.3. The molecule has 0 aliphatic heterocycles. The Labute approximate surface area is 94.9 Å². The van der Waals surface area contributed by atoms with Crippen LogP contribution in [0.15, 0.2) is 22.3 Å². The smallest absolute Gasteiger partial charge is 0.358 e. The molecule has 6 nitrogen and oxygen atoms in total. The van der Waals surface area contributed by atoms with E-state index in [1.54, 1.807) is 23.0 Å². The van der Waals surface area contributed by atoms with E-state index in [1.807, 2.05) is 0 Å². The topological polar surface area (TPSA) is 88.2 Å². The van der Waals surface area contributed by atoms with Gasteiger partial charge in [-0.2, -0.15) is 0 Å². The maximum atomic E-state index is 10.5. The number of carboxylic acid groups (broad SMARTS) is 1. The van der Waals surface area contributed by atoms with E-state index in [9.17, 15) is 4.79 Å². The molecule has 0 aliphatic carbocycles. The van der Waals surface area contributed by atoms with Gasteiger partial charge in [-0.3, -0.25) is 4.98 Å². The first-order valence-corrected chi connectivity index (χ1v) is 5.40. The molecular weight excluding hydrogens is 230 g/mol. The maximum absolute atomic E-state index is 10.5. The number of carbonyl (C=O) groups is 1. The molecule has 0 fully saturated rings. The van der Waals surface area contributed by atoms with Crippen LogP contribution < -0.4 is 5.32 Å². The normalized spacial score (nSPS) is 10.5. The molecule has 0 amide bonds. The fraction of sp³-hybridized carbons (Fsp3) is 0.222. The van der Waals surface area contributed by atoms with Crippen LogP contribution in [-0.2, 0) is 13.1 Å². The molecule has 0 aromatic carbocycles. The summed E-state index contributed by atoms with van der Waals surface area (Å²) >= 11 is 1.55. The minimum atomic E-state index is -1.09. The van der Waals surface area contributed by atoms with E-state index in [-0.39, 0.29) is 5.69 Å². The van der Waals surface area contributed by atoms with Gasteiger partial charge in [-0.25, -0.2) is 4.79 Å². The predicted molar refractivity (Wildman–Crippen MR) is 56.1 cm³/mol. The second-order valence-electron chi connectivity index (χ2n) is 3.05. The third-order valence-electron chi connectivity index (χ3n) is 1.86. The Balaban J connectivity index is 1.83. The zero-order valence-electron chi connectivity index (χ0n) is 8.21. The first-order valence-electron chi connectivity index (χ1n) is 4.52. The second-order valence-corrected chi connectivity index (χ2v) is 4.03. The van der Waals surface area contributed by atoms with E-state index in [2.05, 4.69) is 15.5 Å². The molecule has 0 aliphatic rings. The Morgan fingerprint density at radius 1 is 1.56 bits per heavy atom. The molecule has 2 aromatic heterocycles. The number of carboxylic acids is 1. The van der Waals surface area contributed by atoms with Gasteiger partial charge in [0.1, 0.15) is 0 Å². The Morgan fingerprint density at radius 3 is 3.06 bits per heavy atom. The van der Waals surface area contributed by atoms with Crippen LogP contribution in [0.3, 0.4) is 0 Å². The highest BCUT2D eigenvalue weighted by Gasteiger charge is 2.09. The van der Waals surface area contributed by atoms with Gasteiger partial charge < -0.3 is 14.9 Å². The summed E-state index contributed by atoms with van der Waals surface area (Å²) < 4.78 is 4.84. The minimum absolute atomic E-state index is 0.0745. The molecule has 84 valence electrons. The molecule has 2 aromatic rings. The highest BCUT2D eigenvalue weighted by atomic mass is 32.1. The number of rotatable bonds is 5. The van der Waals surface area contributed by atoms with Crippen molar-refractivity contribution >= 4 is 17.3 Å². The summed E-state index contributed by atoms with van der Waals surface area (Å²) in [5, 5.41) is 15.1. The van der Waals surface area contributed by atoms with Crippen molar-refractivity contribution in [1.29, 1.82) is 0 Å². The van der Waals surface area contributed by atoms with Crippen LogP contribution in [0.1, 0.15) is 21.1 Å². The van der Waals surface area contributed by atoms with Crippen LogP contribution in [0.5, 0.6) is 0 Å². The molecule has 2 heterocycles. The number of thiazole rings is 1. The van der Waals surface area contributed by atoms with Crippen LogP contribution in [0.2, 0.25) is 0 Å². The van der Waals surface area contributed by atoms with Crippen LogP contribution >= 0.6 is 11.3 Å². The van der Waals surface area contributed by atoms with Crippen molar-refractivity contribution in [2.24, 2.45) is 0 Å². The van der Waals surface area contributed by atoms with E-state index in [0.29, 0.717) is 18.8 Å². The van der Waals surface area contributed by atoms with Crippen molar-refractivity contribution in [3.05, 3.63) is 34.1 Å². The summed E-state index contributed by atoms with van der Waals surface area (Å²) in [6.07, 6.45) is 1.78. The lowest BCUT2D eigenvalue weighted by Crippen LogP contribution is -2.11. The molecule has 7 heteroatoms. The van der Waals surface area contributed by atoms with Crippen LogP contribution in [-0.4, -0.2) is 21.2 Å². The Morgan fingerprint density at radius 2 is 2.44 bits per heavy atom. The molecule has 16 heavy (non-hydrogen) atoms. The Hall–Kier alpha value is -1.73. The predicted octanol–water partition coefficient (Wildman–Crippen LogP) is 1.12. The number of aromatic nitrogens is 2. The fourth-order valence-electron chi connectivity index (χ4n) is 1.14. The fourth-order valence-corrected chi connectivity index (χ4v) is 1.70. The van der Waals surface area contributed by atoms with Gasteiger partial charge in [0, 0.05) is 23.7 Å². The van der Waals surface area contributed by atoms with Crippen molar-refractivity contribution < 1.29 is 14.4 Å². The van der Waals surface area contributed by atoms with Crippen molar-refractivity contribution in [2.45, 2.75) is 13.1 Å². The second kappa shape index (κ2) is 4.86. The van der Waals surface area contributed by atoms with E-state index in [1.165, 1.54) is 6.07 Å². The average Bonchev–Trinajstić information content (AvgIpc) is 2.87. The van der Waals surface area contributed by atoms with Gasteiger partial charge in [-0.15, -0.1) is 11.3 Å². The van der Waals surface area contributed by atoms with Crippen LogP contribution in [0, 0.1) is 0 Å². The van der Waals surface area contributed by atoms with E-state index in [0.717, 1.165) is 4.88 Å². The average molecular weight is 239 g/mol. The van der Waals surface area contributed by atoms with Crippen molar-refractivity contribution in [1.82, 2.24) is 15.5 Å². The quantitative estimate of drug-likeness (QED) is 0.812. The van der Waals surface area contributed by atoms with Crippen LogP contribution in [0.25, 0.3) is 0 Å². The van der Waals surface area contributed by atoms with Gasteiger partial charge in [0.2, 0.25) is 0 Å². The summed E-state index contributed by atoms with van der Waals surface area (Å²) in [7, 11) is 0. The van der Waals surface area contributed by atoms with Gasteiger partial charge in [-0.1, -0.05) is 5.16 Å². The van der Waals surface area contributed by atoms with E-state index in [4.69, 9.17) is 9.63 Å². The first-order chi connectivity index (χ1) is 7.75. The highest BCUT2D eigenvalue weighted by molar-refractivity contribution is 7.09. The van der Waals surface area contributed by atoms with Crippen molar-refractivity contribution in [3.8, 4) is 0 Å². The lowest BCUT2D eigenvalue weighted by Gasteiger charge is -1.97. The SMILES string of the molecule is O=C(O)c1cc(CNCc2cncs2)on1. The summed E-state index contributed by atoms with van der Waals surface area (Å²) in [6.45, 7) is 1.12. The van der Waals surface area contributed by atoms with Gasteiger partial charge in [0.15, 0.2) is 11.5 Å². The van der Waals surface area contributed by atoms with Gasteiger partial charge in [0.05, 0.1) is 12.1 Å². The van der Waals surface area contributed by atoms with Crippen molar-refractivity contribution in [3.63, 3.8) is 0 Å². The van der Waals surface area contributed by atoms with Gasteiger partial charge >= 0.3 is 5.97 Å². The van der Waals surface area contributed by atoms with Crippen molar-refractivity contribution in [2.75, 3.05) is 0 Å². The first kappa shape index (κ1) is 10.8. The molecule has 0 bridgehead atoms. The number of nitrogens with one attached hydrogen (secondary N) is 1. The molecule has 0 saturated carbocycles. The standard InChI is InChI=1S/C9H9N3O3S/c13-9(14)8-1-6(15-12-8)2-10-3-7-4-11-5-16-7/h1,4-5,10H,2-3H2,(H,13,14). The third kappa shape index (κ3) is 2.65. The molecule has 0 atom stereocenters. The number of aromatic carboxylic acids is 1. The molecule has 2 N–H and O–H groups in total. The van der Waals surface area contributed by atoms with E-state index >= 15 is 0 Å². The lowest BCUT2D eigenvalue weighted by molar-refractivity contribution is 0.0685. The van der Waals surface area contributed by atoms with Gasteiger partial charge in [0.25, 0.3) is 0 Å². The Bertz CT molecular complexity index is 466. The zero-order valence-corrected chi connectivity index (χ0v) is 9.03. The summed E-state index contributed by atoms with van der Waals surface area (Å²) in [5.41, 5.74) is 1.68. The number of nitrogens with zero attached hydrogens (tertiary/aromatic N) is 2. The molecule has 0 saturated heterocycles. The molecular formula is C9H9N3O3S. The summed E-state index contributed by atoms with van der Waals surface area (Å²) in [5.74, 6) is -0.584. The monoisotopic (exact) mass is 239 g/mol. The number of hydrogen-bond donors (Lipinski definition) is 2. The maximum Gasteiger partial charge on any atom is 0.358 e. The summed E-state index contributed by atoms with van der Waals surface area (Å²) in [6, 6.07) is 1.40. The third-order valence-corrected chi connectivity index (χ3v) is 2.64. The zero-order chi connectivity index (χ0) is 11.4. The molecule has 0 radical (unpaired) electrons. The Kier molecular flexibility index (Phi) is 3.28. The minimum Gasteiger partial charge on any atom is -0.476 e. The highest BCUT2D eigenvalue weighted by Crippen LogP contribution is 2.06. The number of hydrogen-bond acceptors (Lipinski definition) is 6. The largest absolute Gasteiger partial charge is 0.476 e. The molecule has 0 unspecified atom stereocenters. The van der Waals surface area contributed by atoms with Gasteiger partial charge in [-0.05, 0) is 0 Å². The molecule has 0 spiro atoms. The molecule has 2 rings (SSSR count).